The third kappa shape index (κ3) is 5.17. The summed E-state index contributed by atoms with van der Waals surface area (Å²) in [5.74, 6) is -0.168. The van der Waals surface area contributed by atoms with Gasteiger partial charge in [0.15, 0.2) is 0 Å². The van der Waals surface area contributed by atoms with Crippen molar-refractivity contribution in [2.24, 2.45) is 5.73 Å². The van der Waals surface area contributed by atoms with Crippen molar-refractivity contribution >= 4 is 29.2 Å². The van der Waals surface area contributed by atoms with Gasteiger partial charge in [0.1, 0.15) is 5.84 Å². The number of aryl methyl sites for hydroxylation is 1. The predicted molar refractivity (Wildman–Crippen MR) is 118 cm³/mol. The number of amides is 2. The van der Waals surface area contributed by atoms with Gasteiger partial charge in [-0.05, 0) is 54.8 Å². The third-order valence-electron chi connectivity index (χ3n) is 5.13. The number of nitrogens with two attached hydrogens (primary N) is 1. The minimum Gasteiger partial charge on any atom is -0.466 e. The molecule has 0 bridgehead atoms. The molecular formula is C23H28N4O3. The molecule has 1 heterocycles. The monoisotopic (exact) mass is 408 g/mol. The second-order valence-electron chi connectivity index (χ2n) is 7.29. The molecule has 3 N–H and O–H groups in total. The Bertz CT molecular complexity index is 894. The number of unbranched alkanes of at least 4 members (excludes halogenated alkanes) is 1. The summed E-state index contributed by atoms with van der Waals surface area (Å²) in [5.41, 5.74) is 8.77. The SMILES string of the molecule is CCCCOC(=O)CCc1ccc(N2CCN(c3ccc(C(=N)N)cc3)C2=O)cc1. The number of nitrogens with zero attached hydrogens (tertiary/aromatic N) is 2. The number of nitrogens with one attached hydrogen (secondary N) is 1. The van der Waals surface area contributed by atoms with Crippen LogP contribution in [0.25, 0.3) is 0 Å². The lowest BCUT2D eigenvalue weighted by atomic mass is 10.1. The third-order valence-corrected chi connectivity index (χ3v) is 5.13. The highest BCUT2D eigenvalue weighted by atomic mass is 16.5. The molecule has 0 saturated carbocycles. The normalized spacial score (nSPS) is 13.6. The fraction of sp³-hybridized carbons (Fsp3) is 0.348. The van der Waals surface area contributed by atoms with E-state index in [1.165, 1.54) is 0 Å². The topological polar surface area (TPSA) is 99.7 Å². The minimum atomic E-state index is -0.173. The van der Waals surface area contributed by atoms with Crippen molar-refractivity contribution in [3.05, 3.63) is 59.7 Å². The standard InChI is InChI=1S/C23H28N4O3/c1-2-3-16-30-21(28)13-6-17-4-9-19(10-5-17)26-14-15-27(23(26)29)20-11-7-18(8-12-20)22(24)25/h4-5,7-12H,2-3,6,13-16H2,1H3,(H3,24,25). The maximum absolute atomic E-state index is 12.9. The number of nitrogen functional groups attached to an aromatic ring is 1. The Morgan fingerprint density at radius 2 is 1.60 bits per heavy atom. The van der Waals surface area contributed by atoms with Crippen molar-refractivity contribution in [3.8, 4) is 0 Å². The smallest absolute Gasteiger partial charge is 0.329 e. The molecule has 0 spiro atoms. The molecule has 158 valence electrons. The number of carbonyl (C=O) groups is 2. The van der Waals surface area contributed by atoms with Crippen LogP contribution in [0.15, 0.2) is 48.5 Å². The number of hydrogen-bond donors (Lipinski definition) is 2. The molecule has 1 saturated heterocycles. The fourth-order valence-corrected chi connectivity index (χ4v) is 3.33. The van der Waals surface area contributed by atoms with E-state index in [1.807, 2.05) is 24.3 Å². The summed E-state index contributed by atoms with van der Waals surface area (Å²) in [7, 11) is 0. The van der Waals surface area contributed by atoms with E-state index in [9.17, 15) is 9.59 Å². The molecule has 0 radical (unpaired) electrons. The summed E-state index contributed by atoms with van der Waals surface area (Å²) in [6.07, 6.45) is 2.87. The van der Waals surface area contributed by atoms with Gasteiger partial charge in [0.05, 0.1) is 6.61 Å². The largest absolute Gasteiger partial charge is 0.466 e. The molecular weight excluding hydrogens is 380 g/mol. The Balaban J connectivity index is 1.57. The van der Waals surface area contributed by atoms with E-state index in [4.69, 9.17) is 15.9 Å². The summed E-state index contributed by atoms with van der Waals surface area (Å²) < 4.78 is 5.18. The Morgan fingerprint density at radius 3 is 2.13 bits per heavy atom. The predicted octanol–water partition coefficient (Wildman–Crippen LogP) is 3.69. The number of urea groups is 1. The Morgan fingerprint density at radius 1 is 1.03 bits per heavy atom. The van der Waals surface area contributed by atoms with Crippen LogP contribution in [0.2, 0.25) is 0 Å². The number of esters is 1. The average Bonchev–Trinajstić information content (AvgIpc) is 3.14. The van der Waals surface area contributed by atoms with Gasteiger partial charge in [-0.1, -0.05) is 25.5 Å². The molecule has 2 aromatic rings. The van der Waals surface area contributed by atoms with Gasteiger partial charge in [0.25, 0.3) is 0 Å². The molecule has 0 unspecified atom stereocenters. The first-order valence-electron chi connectivity index (χ1n) is 10.3. The van der Waals surface area contributed by atoms with Gasteiger partial charge in [-0.3, -0.25) is 20.0 Å². The molecule has 2 amide bonds. The number of anilines is 2. The van der Waals surface area contributed by atoms with Crippen LogP contribution in [-0.4, -0.2) is 37.5 Å². The minimum absolute atomic E-state index is 0.00485. The summed E-state index contributed by atoms with van der Waals surface area (Å²) in [6.45, 7) is 3.73. The lowest BCUT2D eigenvalue weighted by molar-refractivity contribution is -0.143. The van der Waals surface area contributed by atoms with E-state index in [-0.39, 0.29) is 17.8 Å². The van der Waals surface area contributed by atoms with Crippen LogP contribution in [0.1, 0.15) is 37.3 Å². The Labute approximate surface area is 176 Å². The van der Waals surface area contributed by atoms with E-state index in [0.717, 1.165) is 29.8 Å². The number of hydrogen-bond acceptors (Lipinski definition) is 4. The first-order chi connectivity index (χ1) is 14.5. The van der Waals surface area contributed by atoms with Gasteiger partial charge < -0.3 is 10.5 Å². The number of ether oxygens (including phenoxy) is 1. The second-order valence-corrected chi connectivity index (χ2v) is 7.29. The van der Waals surface area contributed by atoms with Crippen molar-refractivity contribution in [3.63, 3.8) is 0 Å². The van der Waals surface area contributed by atoms with E-state index in [2.05, 4.69) is 6.92 Å². The zero-order chi connectivity index (χ0) is 21.5. The molecule has 1 aliphatic rings. The van der Waals surface area contributed by atoms with Crippen LogP contribution in [0.3, 0.4) is 0 Å². The summed E-state index contributed by atoms with van der Waals surface area (Å²) in [6, 6.07) is 14.7. The highest BCUT2D eigenvalue weighted by molar-refractivity contribution is 6.06. The molecule has 1 aliphatic heterocycles. The summed E-state index contributed by atoms with van der Waals surface area (Å²) >= 11 is 0. The lowest BCUT2D eigenvalue weighted by Gasteiger charge is -2.19. The zero-order valence-corrected chi connectivity index (χ0v) is 17.3. The van der Waals surface area contributed by atoms with E-state index < -0.39 is 0 Å². The average molecular weight is 409 g/mol. The number of benzene rings is 2. The number of carbonyl (C=O) groups excluding carboxylic acids is 2. The van der Waals surface area contributed by atoms with Crippen LogP contribution in [0.4, 0.5) is 16.2 Å². The summed E-state index contributed by atoms with van der Waals surface area (Å²) in [4.78, 5) is 28.1. The van der Waals surface area contributed by atoms with E-state index >= 15 is 0 Å². The Kier molecular flexibility index (Phi) is 7.06. The van der Waals surface area contributed by atoms with Crippen LogP contribution < -0.4 is 15.5 Å². The fourth-order valence-electron chi connectivity index (χ4n) is 3.33. The first-order valence-corrected chi connectivity index (χ1v) is 10.3. The Hall–Kier alpha value is -3.35. The van der Waals surface area contributed by atoms with Gasteiger partial charge in [-0.15, -0.1) is 0 Å². The number of rotatable bonds is 9. The first kappa shape index (κ1) is 21.4. The van der Waals surface area contributed by atoms with Gasteiger partial charge in [-0.2, -0.15) is 0 Å². The second kappa shape index (κ2) is 9.91. The molecule has 30 heavy (non-hydrogen) atoms. The van der Waals surface area contributed by atoms with Crippen LogP contribution in [-0.2, 0) is 16.0 Å². The lowest BCUT2D eigenvalue weighted by Crippen LogP contribution is -2.31. The molecule has 7 heteroatoms. The molecule has 7 nitrogen and oxygen atoms in total. The molecule has 0 atom stereocenters. The van der Waals surface area contributed by atoms with Gasteiger partial charge in [0, 0.05) is 36.4 Å². The molecule has 2 aromatic carbocycles. The summed E-state index contributed by atoms with van der Waals surface area (Å²) in [5, 5.41) is 7.47. The maximum Gasteiger partial charge on any atom is 0.329 e. The van der Waals surface area contributed by atoms with Crippen molar-refractivity contribution < 1.29 is 14.3 Å². The van der Waals surface area contributed by atoms with Crippen LogP contribution in [0.5, 0.6) is 0 Å². The molecule has 3 rings (SSSR count). The van der Waals surface area contributed by atoms with Crippen molar-refractivity contribution in [2.75, 3.05) is 29.5 Å². The molecule has 0 aliphatic carbocycles. The number of amidine groups is 1. The van der Waals surface area contributed by atoms with Crippen molar-refractivity contribution in [1.29, 1.82) is 5.41 Å². The molecule has 1 fully saturated rings. The van der Waals surface area contributed by atoms with Gasteiger partial charge in [0.2, 0.25) is 0 Å². The highest BCUT2D eigenvalue weighted by Gasteiger charge is 2.30. The zero-order valence-electron chi connectivity index (χ0n) is 17.3. The van der Waals surface area contributed by atoms with Crippen LogP contribution >= 0.6 is 0 Å². The maximum atomic E-state index is 12.9. The van der Waals surface area contributed by atoms with Crippen LogP contribution in [0, 0.1) is 5.41 Å². The quantitative estimate of drug-likeness (QED) is 0.286. The van der Waals surface area contributed by atoms with Crippen molar-refractivity contribution in [1.82, 2.24) is 0 Å². The van der Waals surface area contributed by atoms with Gasteiger partial charge in [-0.25, -0.2) is 4.79 Å². The van der Waals surface area contributed by atoms with E-state index in [1.54, 1.807) is 34.1 Å². The molecule has 0 aromatic heterocycles. The van der Waals surface area contributed by atoms with Crippen molar-refractivity contribution in [2.45, 2.75) is 32.6 Å². The highest BCUT2D eigenvalue weighted by Crippen LogP contribution is 2.26. The van der Waals surface area contributed by atoms with E-state index in [0.29, 0.717) is 38.1 Å². The van der Waals surface area contributed by atoms with Gasteiger partial charge >= 0.3 is 12.0 Å².